The zero-order valence-electron chi connectivity index (χ0n) is 19.3. The maximum Gasteiger partial charge on any atom is 0.317 e. The molecule has 14 heteroatoms. The summed E-state index contributed by atoms with van der Waals surface area (Å²) < 4.78 is 0. The molecule has 1 unspecified atom stereocenters. The first-order valence-electron chi connectivity index (χ1n) is 10.9. The van der Waals surface area contributed by atoms with Crippen LogP contribution in [0.4, 0.5) is 5.69 Å². The van der Waals surface area contributed by atoms with E-state index in [4.69, 9.17) is 0 Å². The molecule has 0 amide bonds. The third-order valence-corrected chi connectivity index (χ3v) is 5.51. The minimum absolute atomic E-state index is 0. The third kappa shape index (κ3) is 12.4. The van der Waals surface area contributed by atoms with Gasteiger partial charge in [-0.05, 0) is 12.0 Å². The number of hydrogen-bond acceptors (Lipinski definition) is 9. The molecular formula is C21H31N5O8Pb. The number of carbonyl (C=O) groups is 3. The molecule has 1 saturated heterocycles. The summed E-state index contributed by atoms with van der Waals surface area (Å²) in [5.41, 5.74) is 0.811. The quantitative estimate of drug-likeness (QED) is 0.140. The fourth-order valence-electron chi connectivity index (χ4n) is 3.89. The second kappa shape index (κ2) is 15.7. The van der Waals surface area contributed by atoms with Crippen molar-refractivity contribution >= 4 is 50.9 Å². The number of hydrogen-bond donors (Lipinski definition) is 4. The van der Waals surface area contributed by atoms with Crippen molar-refractivity contribution in [1.82, 2.24) is 20.0 Å². The second-order valence-corrected chi connectivity index (χ2v) is 8.25. The van der Waals surface area contributed by atoms with Gasteiger partial charge in [-0.2, -0.15) is 0 Å². The number of aliphatic carboxylic acids is 3. The molecule has 0 aliphatic carbocycles. The van der Waals surface area contributed by atoms with Crippen LogP contribution in [0.1, 0.15) is 5.56 Å². The maximum absolute atomic E-state index is 11.4. The molecule has 13 nitrogen and oxygen atoms in total. The van der Waals surface area contributed by atoms with Crippen molar-refractivity contribution in [2.45, 2.75) is 12.5 Å². The fourth-order valence-corrected chi connectivity index (χ4v) is 3.89. The Hall–Kier alpha value is -2.21. The summed E-state index contributed by atoms with van der Waals surface area (Å²) in [6.07, 6.45) is 0.478. The number of carboxylic acids is 3. The van der Waals surface area contributed by atoms with Gasteiger partial charge in [-0.25, -0.2) is 0 Å². The summed E-state index contributed by atoms with van der Waals surface area (Å²) in [4.78, 5) is 49.5. The average molecular weight is 684 g/mol. The van der Waals surface area contributed by atoms with Crippen molar-refractivity contribution < 1.29 is 34.6 Å². The fraction of sp³-hybridized carbons (Fsp3) is 0.571. The molecule has 1 aliphatic rings. The van der Waals surface area contributed by atoms with Crippen LogP contribution in [0.25, 0.3) is 0 Å². The number of rotatable bonds is 9. The first kappa shape index (κ1) is 30.8. The topological polar surface area (TPSA) is 177 Å². The zero-order valence-corrected chi connectivity index (χ0v) is 23.2. The Morgan fingerprint density at radius 3 is 1.80 bits per heavy atom. The van der Waals surface area contributed by atoms with Crippen LogP contribution >= 0.6 is 0 Å². The number of nitro groups is 1. The van der Waals surface area contributed by atoms with Gasteiger partial charge < -0.3 is 20.6 Å². The van der Waals surface area contributed by atoms with Crippen LogP contribution in [0.5, 0.6) is 0 Å². The van der Waals surface area contributed by atoms with Gasteiger partial charge in [0, 0.05) is 91.3 Å². The van der Waals surface area contributed by atoms with Gasteiger partial charge in [-0.3, -0.25) is 39.2 Å². The van der Waals surface area contributed by atoms with E-state index in [-0.39, 0.29) is 58.7 Å². The van der Waals surface area contributed by atoms with Gasteiger partial charge in [0.1, 0.15) is 0 Å². The second-order valence-electron chi connectivity index (χ2n) is 8.25. The van der Waals surface area contributed by atoms with Crippen LogP contribution in [0.2, 0.25) is 0 Å². The number of carboxylic acid groups (broad SMARTS) is 3. The van der Waals surface area contributed by atoms with Gasteiger partial charge >= 0.3 is 17.9 Å². The molecular weight excluding hydrogens is 653 g/mol. The predicted molar refractivity (Wildman–Crippen MR) is 127 cm³/mol. The molecule has 35 heavy (non-hydrogen) atoms. The van der Waals surface area contributed by atoms with E-state index < -0.39 is 22.8 Å². The number of benzene rings is 1. The number of nitro benzene ring substituents is 1. The standard InChI is InChI=1S/C21H31N5O8.Pb/c27-19(28)13-23-6-5-22-17(11-16-1-3-18(4-2-16)26(33)34)12-25(15-21(31)32)10-9-24(8-7-23)14-20(29)30;/h1-4,17,22H,5-15H2,(H,27,28)(H,29,30)(H,31,32);/i;1-4. The predicted octanol–water partition coefficient (Wildman–Crippen LogP) is -1.11. The summed E-state index contributed by atoms with van der Waals surface area (Å²) in [6, 6.07) is 5.93. The Morgan fingerprint density at radius 2 is 1.31 bits per heavy atom. The van der Waals surface area contributed by atoms with Crippen molar-refractivity contribution in [3.8, 4) is 0 Å². The van der Waals surface area contributed by atoms with Crippen LogP contribution in [-0.4, -0.2) is 152 Å². The first-order valence-corrected chi connectivity index (χ1v) is 10.9. The first-order chi connectivity index (χ1) is 16.1. The summed E-state index contributed by atoms with van der Waals surface area (Å²) in [7, 11) is 0. The van der Waals surface area contributed by atoms with Gasteiger partial charge in [0.15, 0.2) is 0 Å². The molecule has 0 spiro atoms. The van der Waals surface area contributed by atoms with Gasteiger partial charge in [0.25, 0.3) is 5.69 Å². The van der Waals surface area contributed by atoms with E-state index in [1.165, 1.54) is 12.1 Å². The minimum atomic E-state index is -1.01. The Kier molecular flexibility index (Phi) is 13.8. The molecule has 2 rings (SSSR count). The van der Waals surface area contributed by atoms with Crippen LogP contribution in [0.3, 0.4) is 0 Å². The third-order valence-electron chi connectivity index (χ3n) is 5.51. The van der Waals surface area contributed by atoms with Crippen molar-refractivity contribution in [1.29, 1.82) is 0 Å². The molecule has 1 heterocycles. The van der Waals surface area contributed by atoms with Crippen LogP contribution in [-0.2, 0) is 20.8 Å². The molecule has 0 saturated carbocycles. The van der Waals surface area contributed by atoms with Gasteiger partial charge in [0.2, 0.25) is 0 Å². The Labute approximate surface area is 223 Å². The smallest absolute Gasteiger partial charge is 0.317 e. The molecule has 1 atom stereocenters. The van der Waals surface area contributed by atoms with E-state index in [2.05, 4.69) is 5.32 Å². The number of nitrogens with one attached hydrogen (secondary N) is 1. The van der Waals surface area contributed by atoms with Crippen molar-refractivity contribution in [3.63, 3.8) is 0 Å². The number of nitrogens with zero attached hydrogens (tertiary/aromatic N) is 4. The Bertz CT molecular complexity index is 857. The zero-order chi connectivity index (χ0) is 25.1. The minimum Gasteiger partial charge on any atom is -0.480 e. The van der Waals surface area contributed by atoms with E-state index in [0.29, 0.717) is 52.2 Å². The van der Waals surface area contributed by atoms with E-state index in [1.807, 2.05) is 0 Å². The molecule has 1 aliphatic heterocycles. The van der Waals surface area contributed by atoms with Crippen molar-refractivity contribution in [2.24, 2.45) is 0 Å². The summed E-state index contributed by atoms with van der Waals surface area (Å²) >= 11 is 0. The molecule has 1 aromatic rings. The number of non-ortho nitro benzene ring substituents is 1. The van der Waals surface area contributed by atoms with Gasteiger partial charge in [-0.15, -0.1) is 0 Å². The summed E-state index contributed by atoms with van der Waals surface area (Å²) in [5.74, 6) is -3.00. The summed E-state index contributed by atoms with van der Waals surface area (Å²) in [5, 5.41) is 42.1. The van der Waals surface area contributed by atoms with E-state index in [0.717, 1.165) is 5.56 Å². The molecule has 0 aromatic heterocycles. The van der Waals surface area contributed by atoms with E-state index >= 15 is 0 Å². The molecule has 4 radical (unpaired) electrons. The summed E-state index contributed by atoms with van der Waals surface area (Å²) in [6.45, 7) is 1.88. The Morgan fingerprint density at radius 1 is 0.857 bits per heavy atom. The average Bonchev–Trinajstić information content (AvgIpc) is 2.73. The van der Waals surface area contributed by atoms with Gasteiger partial charge in [-0.1, -0.05) is 12.1 Å². The van der Waals surface area contributed by atoms with Crippen molar-refractivity contribution in [3.05, 3.63) is 39.9 Å². The Balaban J connectivity index is 0.00000612. The molecule has 192 valence electrons. The monoisotopic (exact) mass is 684 g/mol. The van der Waals surface area contributed by atoms with Crippen LogP contribution in [0, 0.1) is 10.1 Å². The van der Waals surface area contributed by atoms with Crippen LogP contribution in [0.15, 0.2) is 24.3 Å². The van der Waals surface area contributed by atoms with Crippen LogP contribution < -0.4 is 5.32 Å². The normalized spacial score (nSPS) is 19.0. The van der Waals surface area contributed by atoms with Crippen molar-refractivity contribution in [2.75, 3.05) is 65.4 Å². The SMILES string of the molecule is O=C(O)CN1CCNC(Cc2ccc([N+](=O)[O-])cc2)CN(CC(=O)O)CCN(CC(=O)O)CC1.[203Pb]. The van der Waals surface area contributed by atoms with E-state index in [9.17, 15) is 39.8 Å². The molecule has 1 aromatic carbocycles. The molecule has 0 bridgehead atoms. The molecule has 1 fully saturated rings. The van der Waals surface area contributed by atoms with Gasteiger partial charge in [0.05, 0.1) is 24.6 Å². The van der Waals surface area contributed by atoms with E-state index in [1.54, 1.807) is 26.8 Å². The maximum atomic E-state index is 11.4. The molecule has 4 N–H and O–H groups in total. The largest absolute Gasteiger partial charge is 0.480 e.